The summed E-state index contributed by atoms with van der Waals surface area (Å²) in [5, 5.41) is 3.27. The van der Waals surface area contributed by atoms with Crippen LogP contribution >= 0.6 is 0 Å². The molecule has 0 unspecified atom stereocenters. The molecule has 0 rings (SSSR count). The first-order valence-electron chi connectivity index (χ1n) is 5.89. The molecule has 0 spiro atoms. The van der Waals surface area contributed by atoms with Crippen LogP contribution in [0.3, 0.4) is 0 Å². The number of nitrogens with one attached hydrogen (secondary N) is 1. The molecule has 0 saturated heterocycles. The van der Waals surface area contributed by atoms with Crippen molar-refractivity contribution in [2.75, 3.05) is 24.6 Å². The monoisotopic (exact) mass is 235 g/mol. The lowest BCUT2D eigenvalue weighted by atomic mass is 10.1. The Labute approximate surface area is 94.6 Å². The zero-order valence-electron chi connectivity index (χ0n) is 10.3. The van der Waals surface area contributed by atoms with Gasteiger partial charge in [-0.2, -0.15) is 0 Å². The molecule has 0 radical (unpaired) electrons. The summed E-state index contributed by atoms with van der Waals surface area (Å²) >= 11 is 0. The third-order valence-corrected chi connectivity index (χ3v) is 4.17. The third-order valence-electron chi connectivity index (χ3n) is 2.38. The summed E-state index contributed by atoms with van der Waals surface area (Å²) in [6, 6.07) is 0. The Hall–Kier alpha value is -0.0900. The molecule has 0 aliphatic rings. The van der Waals surface area contributed by atoms with Crippen molar-refractivity contribution < 1.29 is 8.42 Å². The minimum Gasteiger partial charge on any atom is -0.317 e. The molecule has 1 N–H and O–H groups in total. The van der Waals surface area contributed by atoms with Crippen molar-refractivity contribution in [2.45, 2.75) is 40.0 Å². The van der Waals surface area contributed by atoms with Crippen LogP contribution in [0.25, 0.3) is 0 Å². The maximum atomic E-state index is 11.1. The summed E-state index contributed by atoms with van der Waals surface area (Å²) in [5.41, 5.74) is 0. The summed E-state index contributed by atoms with van der Waals surface area (Å²) in [5.74, 6) is 1.34. The van der Waals surface area contributed by atoms with Crippen LogP contribution in [0.2, 0.25) is 0 Å². The predicted molar refractivity (Wildman–Crippen MR) is 65.9 cm³/mol. The van der Waals surface area contributed by atoms with Gasteiger partial charge in [-0.25, -0.2) is 8.42 Å². The van der Waals surface area contributed by atoms with Crippen molar-refractivity contribution in [2.24, 2.45) is 5.92 Å². The van der Waals surface area contributed by atoms with Gasteiger partial charge in [0.1, 0.15) is 9.84 Å². The maximum Gasteiger partial charge on any atom is 0.150 e. The van der Waals surface area contributed by atoms with E-state index < -0.39 is 9.84 Å². The summed E-state index contributed by atoms with van der Waals surface area (Å²) in [6.07, 6.45) is 3.15. The van der Waals surface area contributed by atoms with Gasteiger partial charge in [-0.1, -0.05) is 20.8 Å². The van der Waals surface area contributed by atoms with Crippen molar-refractivity contribution in [3.05, 3.63) is 0 Å². The minimum atomic E-state index is -2.77. The molecule has 0 aromatic heterocycles. The van der Waals surface area contributed by atoms with Gasteiger partial charge in [0, 0.05) is 5.75 Å². The Morgan fingerprint density at radius 1 is 1.13 bits per heavy atom. The Balaban J connectivity index is 3.26. The smallest absolute Gasteiger partial charge is 0.150 e. The Bertz CT molecular complexity index is 235. The Kier molecular flexibility index (Phi) is 8.06. The number of hydrogen-bond acceptors (Lipinski definition) is 3. The first kappa shape index (κ1) is 14.9. The maximum absolute atomic E-state index is 11.1. The molecular weight excluding hydrogens is 210 g/mol. The van der Waals surface area contributed by atoms with Crippen molar-refractivity contribution >= 4 is 9.84 Å². The highest BCUT2D eigenvalue weighted by molar-refractivity contribution is 7.91. The number of hydrogen-bond donors (Lipinski definition) is 1. The molecule has 0 heterocycles. The molecule has 0 bridgehead atoms. The lowest BCUT2D eigenvalue weighted by Crippen LogP contribution is -2.20. The average Bonchev–Trinajstić information content (AvgIpc) is 2.16. The van der Waals surface area contributed by atoms with Crippen molar-refractivity contribution in [1.82, 2.24) is 5.32 Å². The molecule has 3 nitrogen and oxygen atoms in total. The molecule has 0 aromatic carbocycles. The van der Waals surface area contributed by atoms with E-state index in [9.17, 15) is 8.42 Å². The molecule has 0 fully saturated rings. The van der Waals surface area contributed by atoms with Crippen molar-refractivity contribution in [3.63, 3.8) is 0 Å². The van der Waals surface area contributed by atoms with E-state index in [1.165, 1.54) is 12.8 Å². The SMILES string of the molecule is CCS(=O)(=O)CCCNCCCC(C)C. The minimum absolute atomic E-state index is 0.264. The molecule has 4 heteroatoms. The molecular formula is C11H25NO2S. The standard InChI is InChI=1S/C11H25NO2S/c1-4-15(13,14)10-6-9-12-8-5-7-11(2)3/h11-12H,4-10H2,1-3H3. The topological polar surface area (TPSA) is 46.2 Å². The summed E-state index contributed by atoms with van der Waals surface area (Å²) in [6.45, 7) is 7.95. The van der Waals surface area contributed by atoms with Gasteiger partial charge in [0.05, 0.1) is 5.75 Å². The fourth-order valence-electron chi connectivity index (χ4n) is 1.32. The van der Waals surface area contributed by atoms with Crippen LogP contribution in [0, 0.1) is 5.92 Å². The molecule has 0 saturated carbocycles. The van der Waals surface area contributed by atoms with Gasteiger partial charge in [-0.3, -0.25) is 0 Å². The van der Waals surface area contributed by atoms with Crippen LogP contribution in [0.1, 0.15) is 40.0 Å². The first-order valence-corrected chi connectivity index (χ1v) is 7.71. The largest absolute Gasteiger partial charge is 0.317 e. The van der Waals surface area contributed by atoms with Crippen LogP contribution in [-0.2, 0) is 9.84 Å². The van der Waals surface area contributed by atoms with Gasteiger partial charge in [0.2, 0.25) is 0 Å². The third kappa shape index (κ3) is 10.2. The van der Waals surface area contributed by atoms with E-state index in [1.54, 1.807) is 6.92 Å². The molecule has 0 atom stereocenters. The molecule has 0 aliphatic heterocycles. The fraction of sp³-hybridized carbons (Fsp3) is 1.00. The highest BCUT2D eigenvalue weighted by atomic mass is 32.2. The van der Waals surface area contributed by atoms with Crippen molar-refractivity contribution in [1.29, 1.82) is 0 Å². The van der Waals surface area contributed by atoms with Gasteiger partial charge < -0.3 is 5.32 Å². The van der Waals surface area contributed by atoms with Crippen LogP contribution < -0.4 is 5.32 Å². The number of rotatable bonds is 9. The van der Waals surface area contributed by atoms with Gasteiger partial charge in [0.25, 0.3) is 0 Å². The lowest BCUT2D eigenvalue weighted by Gasteiger charge is -2.06. The zero-order valence-corrected chi connectivity index (χ0v) is 11.1. The van der Waals surface area contributed by atoms with E-state index in [-0.39, 0.29) is 5.75 Å². The zero-order chi connectivity index (χ0) is 11.7. The van der Waals surface area contributed by atoms with E-state index >= 15 is 0 Å². The average molecular weight is 235 g/mol. The Morgan fingerprint density at radius 3 is 2.27 bits per heavy atom. The van der Waals surface area contributed by atoms with Gasteiger partial charge in [-0.15, -0.1) is 0 Å². The predicted octanol–water partition coefficient (Wildman–Crippen LogP) is 1.84. The molecule has 0 aromatic rings. The Morgan fingerprint density at radius 2 is 1.73 bits per heavy atom. The highest BCUT2D eigenvalue weighted by Crippen LogP contribution is 2.01. The first-order chi connectivity index (χ1) is 6.98. The van der Waals surface area contributed by atoms with Gasteiger partial charge >= 0.3 is 0 Å². The molecule has 0 aliphatic carbocycles. The van der Waals surface area contributed by atoms with Crippen LogP contribution in [0.4, 0.5) is 0 Å². The number of sulfone groups is 1. The molecule has 92 valence electrons. The summed E-state index contributed by atoms with van der Waals surface area (Å²) in [4.78, 5) is 0. The molecule has 15 heavy (non-hydrogen) atoms. The normalized spacial score (nSPS) is 12.3. The lowest BCUT2D eigenvalue weighted by molar-refractivity contribution is 0.526. The summed E-state index contributed by atoms with van der Waals surface area (Å²) in [7, 11) is -2.77. The van der Waals surface area contributed by atoms with E-state index in [1.807, 2.05) is 0 Å². The molecule has 0 amide bonds. The second kappa shape index (κ2) is 8.11. The van der Waals surface area contributed by atoms with E-state index in [4.69, 9.17) is 0 Å². The van der Waals surface area contributed by atoms with Gasteiger partial charge in [0.15, 0.2) is 0 Å². The van der Waals surface area contributed by atoms with Crippen LogP contribution in [0.5, 0.6) is 0 Å². The van der Waals surface area contributed by atoms with Crippen LogP contribution in [0.15, 0.2) is 0 Å². The van der Waals surface area contributed by atoms with E-state index in [0.29, 0.717) is 5.75 Å². The van der Waals surface area contributed by atoms with Gasteiger partial charge in [-0.05, 0) is 38.3 Å². The second-order valence-electron chi connectivity index (χ2n) is 4.38. The quantitative estimate of drug-likeness (QED) is 0.620. The summed E-state index contributed by atoms with van der Waals surface area (Å²) < 4.78 is 22.3. The highest BCUT2D eigenvalue weighted by Gasteiger charge is 2.05. The second-order valence-corrected chi connectivity index (χ2v) is 6.85. The van der Waals surface area contributed by atoms with Crippen LogP contribution in [-0.4, -0.2) is 33.0 Å². The van der Waals surface area contributed by atoms with Crippen molar-refractivity contribution in [3.8, 4) is 0 Å². The fourth-order valence-corrected chi connectivity index (χ4v) is 2.19. The van der Waals surface area contributed by atoms with E-state index in [2.05, 4.69) is 19.2 Å². The van der Waals surface area contributed by atoms with E-state index in [0.717, 1.165) is 25.4 Å².